The summed E-state index contributed by atoms with van der Waals surface area (Å²) in [5.74, 6) is 0. The van der Waals surface area contributed by atoms with Gasteiger partial charge in [0, 0.05) is 11.8 Å². The van der Waals surface area contributed by atoms with Gasteiger partial charge in [-0.1, -0.05) is 75.4 Å². The molecule has 0 atom stereocenters. The second-order valence-electron chi connectivity index (χ2n) is 5.44. The van der Waals surface area contributed by atoms with Crippen molar-refractivity contribution in [2.45, 2.75) is 51.9 Å². The van der Waals surface area contributed by atoms with Crippen molar-refractivity contribution in [3.8, 4) is 11.3 Å². The predicted octanol–water partition coefficient (Wildman–Crippen LogP) is 5.65. The number of unbranched alkanes of at least 4 members (excludes halogenated alkanes) is 5. The minimum Gasteiger partial charge on any atom is -0.256 e. The Morgan fingerprint density at radius 2 is 1.55 bits per heavy atom. The third-order valence-corrected chi connectivity index (χ3v) is 3.71. The summed E-state index contributed by atoms with van der Waals surface area (Å²) in [6.07, 6.45) is 11.3. The fraction of sp³-hybridized carbons (Fsp3) is 0.421. The Morgan fingerprint density at radius 3 is 2.25 bits per heavy atom. The van der Waals surface area contributed by atoms with Gasteiger partial charge in [-0.3, -0.25) is 4.98 Å². The van der Waals surface area contributed by atoms with Gasteiger partial charge in [-0.05, 0) is 24.5 Å². The highest BCUT2D eigenvalue weighted by molar-refractivity contribution is 5.58. The third-order valence-electron chi connectivity index (χ3n) is 3.71. The smallest absolute Gasteiger partial charge is 0.0702 e. The number of aromatic nitrogens is 1. The highest BCUT2D eigenvalue weighted by Gasteiger charge is 1.99. The third kappa shape index (κ3) is 4.80. The second kappa shape index (κ2) is 8.52. The van der Waals surface area contributed by atoms with Crippen LogP contribution in [0.3, 0.4) is 0 Å². The van der Waals surface area contributed by atoms with E-state index in [1.165, 1.54) is 49.7 Å². The zero-order valence-corrected chi connectivity index (χ0v) is 12.5. The standard InChI is InChI=1S/C19H25N/c1-2-3-4-5-6-8-11-17-14-15-19(20-16-17)18-12-9-7-10-13-18/h7,9-10,12-16H,2-6,8,11H2,1H3. The van der Waals surface area contributed by atoms with E-state index < -0.39 is 0 Å². The van der Waals surface area contributed by atoms with E-state index in [4.69, 9.17) is 0 Å². The Hall–Kier alpha value is -1.63. The lowest BCUT2D eigenvalue weighted by Crippen LogP contribution is -1.89. The number of aryl methyl sites for hydroxylation is 1. The number of rotatable bonds is 8. The van der Waals surface area contributed by atoms with Crippen LogP contribution in [0.2, 0.25) is 0 Å². The normalized spacial score (nSPS) is 10.7. The lowest BCUT2D eigenvalue weighted by molar-refractivity contribution is 0.607. The maximum Gasteiger partial charge on any atom is 0.0702 e. The Balaban J connectivity index is 1.77. The summed E-state index contributed by atoms with van der Waals surface area (Å²) >= 11 is 0. The molecule has 0 N–H and O–H groups in total. The number of nitrogens with zero attached hydrogens (tertiary/aromatic N) is 1. The zero-order chi connectivity index (χ0) is 14.0. The van der Waals surface area contributed by atoms with Crippen LogP contribution < -0.4 is 0 Å². The van der Waals surface area contributed by atoms with Crippen LogP contribution in [0.4, 0.5) is 0 Å². The lowest BCUT2D eigenvalue weighted by Gasteiger charge is -2.04. The molecule has 1 aromatic heterocycles. The summed E-state index contributed by atoms with van der Waals surface area (Å²) in [4.78, 5) is 4.58. The topological polar surface area (TPSA) is 12.9 Å². The lowest BCUT2D eigenvalue weighted by atomic mass is 10.1. The number of hydrogen-bond acceptors (Lipinski definition) is 1. The van der Waals surface area contributed by atoms with Crippen molar-refractivity contribution < 1.29 is 0 Å². The minimum atomic E-state index is 1.07. The molecule has 2 aromatic rings. The molecular formula is C19H25N. The quantitative estimate of drug-likeness (QED) is 0.563. The summed E-state index contributed by atoms with van der Waals surface area (Å²) < 4.78 is 0. The van der Waals surface area contributed by atoms with Crippen molar-refractivity contribution in [2.75, 3.05) is 0 Å². The second-order valence-corrected chi connectivity index (χ2v) is 5.44. The fourth-order valence-electron chi connectivity index (χ4n) is 2.46. The first-order chi connectivity index (χ1) is 9.90. The molecule has 0 aliphatic heterocycles. The highest BCUT2D eigenvalue weighted by Crippen LogP contribution is 2.17. The van der Waals surface area contributed by atoms with E-state index in [9.17, 15) is 0 Å². The van der Waals surface area contributed by atoms with E-state index in [0.29, 0.717) is 0 Å². The first-order valence-corrected chi connectivity index (χ1v) is 7.90. The van der Waals surface area contributed by atoms with Crippen LogP contribution in [0, 0.1) is 0 Å². The van der Waals surface area contributed by atoms with E-state index in [1.54, 1.807) is 0 Å². The molecule has 0 radical (unpaired) electrons. The maximum atomic E-state index is 4.58. The van der Waals surface area contributed by atoms with Crippen LogP contribution >= 0.6 is 0 Å². The van der Waals surface area contributed by atoms with Gasteiger partial charge in [-0.15, -0.1) is 0 Å². The Kier molecular flexibility index (Phi) is 6.30. The van der Waals surface area contributed by atoms with Gasteiger partial charge in [-0.25, -0.2) is 0 Å². The first-order valence-electron chi connectivity index (χ1n) is 7.90. The molecule has 0 saturated heterocycles. The Bertz CT molecular complexity index is 473. The van der Waals surface area contributed by atoms with Gasteiger partial charge in [-0.2, -0.15) is 0 Å². The van der Waals surface area contributed by atoms with Crippen molar-refractivity contribution in [1.29, 1.82) is 0 Å². The SMILES string of the molecule is CCCCCCCCc1ccc(-c2ccccc2)nc1. The molecule has 1 nitrogen and oxygen atoms in total. The van der Waals surface area contributed by atoms with Crippen LogP contribution in [0.1, 0.15) is 51.0 Å². The number of hydrogen-bond donors (Lipinski definition) is 0. The van der Waals surface area contributed by atoms with Crippen LogP contribution in [-0.4, -0.2) is 4.98 Å². The van der Waals surface area contributed by atoms with Crippen molar-refractivity contribution >= 4 is 0 Å². The largest absolute Gasteiger partial charge is 0.256 e. The van der Waals surface area contributed by atoms with Crippen LogP contribution in [-0.2, 0) is 6.42 Å². The molecule has 0 saturated carbocycles. The summed E-state index contributed by atoms with van der Waals surface area (Å²) in [6, 6.07) is 14.7. The van der Waals surface area contributed by atoms with Gasteiger partial charge in [0.25, 0.3) is 0 Å². The van der Waals surface area contributed by atoms with Crippen molar-refractivity contribution in [3.63, 3.8) is 0 Å². The number of pyridine rings is 1. The molecule has 20 heavy (non-hydrogen) atoms. The van der Waals surface area contributed by atoms with E-state index in [0.717, 1.165) is 12.1 Å². The van der Waals surface area contributed by atoms with Crippen LogP contribution in [0.25, 0.3) is 11.3 Å². The average Bonchev–Trinajstić information content (AvgIpc) is 2.52. The summed E-state index contributed by atoms with van der Waals surface area (Å²) in [7, 11) is 0. The van der Waals surface area contributed by atoms with Gasteiger partial charge in [0.15, 0.2) is 0 Å². The van der Waals surface area contributed by atoms with Gasteiger partial charge in [0.1, 0.15) is 0 Å². The van der Waals surface area contributed by atoms with Gasteiger partial charge < -0.3 is 0 Å². The zero-order valence-electron chi connectivity index (χ0n) is 12.5. The number of benzene rings is 1. The van der Waals surface area contributed by atoms with Crippen LogP contribution in [0.15, 0.2) is 48.7 Å². The molecule has 1 aromatic carbocycles. The van der Waals surface area contributed by atoms with E-state index in [-0.39, 0.29) is 0 Å². The first kappa shape index (κ1) is 14.8. The molecule has 0 aliphatic rings. The average molecular weight is 267 g/mol. The molecular weight excluding hydrogens is 242 g/mol. The van der Waals surface area contributed by atoms with E-state index in [2.05, 4.69) is 48.3 Å². The van der Waals surface area contributed by atoms with E-state index in [1.807, 2.05) is 12.3 Å². The molecule has 2 rings (SSSR count). The van der Waals surface area contributed by atoms with Gasteiger partial charge >= 0.3 is 0 Å². The van der Waals surface area contributed by atoms with Crippen molar-refractivity contribution in [2.24, 2.45) is 0 Å². The highest BCUT2D eigenvalue weighted by atomic mass is 14.7. The van der Waals surface area contributed by atoms with Gasteiger partial charge in [0.05, 0.1) is 5.69 Å². The van der Waals surface area contributed by atoms with E-state index >= 15 is 0 Å². The summed E-state index contributed by atoms with van der Waals surface area (Å²) in [5, 5.41) is 0. The van der Waals surface area contributed by atoms with Crippen molar-refractivity contribution in [1.82, 2.24) is 4.98 Å². The van der Waals surface area contributed by atoms with Crippen LogP contribution in [0.5, 0.6) is 0 Å². The molecule has 1 heterocycles. The molecule has 0 bridgehead atoms. The maximum absolute atomic E-state index is 4.58. The molecule has 0 amide bonds. The Morgan fingerprint density at radius 1 is 0.800 bits per heavy atom. The molecule has 0 unspecified atom stereocenters. The minimum absolute atomic E-state index is 1.07. The van der Waals surface area contributed by atoms with Crippen molar-refractivity contribution in [3.05, 3.63) is 54.2 Å². The molecule has 106 valence electrons. The monoisotopic (exact) mass is 267 g/mol. The summed E-state index contributed by atoms with van der Waals surface area (Å²) in [5.41, 5.74) is 3.62. The molecule has 0 aliphatic carbocycles. The molecule has 0 spiro atoms. The molecule has 0 fully saturated rings. The molecule has 1 heteroatoms. The summed E-state index contributed by atoms with van der Waals surface area (Å²) in [6.45, 7) is 2.26. The fourth-order valence-corrected chi connectivity index (χ4v) is 2.46. The Labute approximate surface area is 123 Å². The predicted molar refractivity (Wildman–Crippen MR) is 86.8 cm³/mol. The van der Waals surface area contributed by atoms with Gasteiger partial charge in [0.2, 0.25) is 0 Å².